The lowest BCUT2D eigenvalue weighted by Crippen LogP contribution is -2.06. The first-order valence-electron chi connectivity index (χ1n) is 5.76. The fraction of sp³-hybridized carbons (Fsp3) is 0.231. The van der Waals surface area contributed by atoms with Gasteiger partial charge in [0.1, 0.15) is 5.82 Å². The van der Waals surface area contributed by atoms with Crippen LogP contribution in [-0.4, -0.2) is 9.97 Å². The van der Waals surface area contributed by atoms with Gasteiger partial charge in [-0.2, -0.15) is 4.98 Å². The van der Waals surface area contributed by atoms with Crippen molar-refractivity contribution >= 4 is 11.8 Å². The number of hydrogen-bond acceptors (Lipinski definition) is 4. The molecule has 86 valence electrons. The molecule has 4 heteroatoms. The molecular weight excluding hydrogens is 212 g/mol. The van der Waals surface area contributed by atoms with Crippen molar-refractivity contribution in [3.63, 3.8) is 0 Å². The number of hydrogen-bond donors (Lipinski definition) is 2. The van der Waals surface area contributed by atoms with E-state index in [-0.39, 0.29) is 5.95 Å². The quantitative estimate of drug-likeness (QED) is 0.718. The van der Waals surface area contributed by atoms with Crippen LogP contribution >= 0.6 is 0 Å². The number of aromatic nitrogens is 2. The summed E-state index contributed by atoms with van der Waals surface area (Å²) in [5.74, 6) is 0.766. The monoisotopic (exact) mass is 226 g/mol. The summed E-state index contributed by atoms with van der Waals surface area (Å²) in [4.78, 5) is 8.41. The van der Waals surface area contributed by atoms with Gasteiger partial charge < -0.3 is 11.5 Å². The summed E-state index contributed by atoms with van der Waals surface area (Å²) in [6.07, 6.45) is 3.03. The highest BCUT2D eigenvalue weighted by Gasteiger charge is 2.18. The lowest BCUT2D eigenvalue weighted by Gasteiger charge is -2.10. The summed E-state index contributed by atoms with van der Waals surface area (Å²) in [7, 11) is 0. The highest BCUT2D eigenvalue weighted by atomic mass is 15.0. The topological polar surface area (TPSA) is 77.8 Å². The first-order valence-corrected chi connectivity index (χ1v) is 5.76. The zero-order valence-corrected chi connectivity index (χ0v) is 9.48. The molecule has 0 spiro atoms. The molecule has 17 heavy (non-hydrogen) atoms. The van der Waals surface area contributed by atoms with Gasteiger partial charge in [-0.05, 0) is 24.8 Å². The molecule has 1 aromatic carbocycles. The Hall–Kier alpha value is -2.10. The molecule has 1 heterocycles. The molecule has 4 nitrogen and oxygen atoms in total. The molecule has 1 aromatic heterocycles. The fourth-order valence-corrected chi connectivity index (χ4v) is 2.41. The molecule has 3 rings (SSSR count). The Morgan fingerprint density at radius 3 is 2.71 bits per heavy atom. The van der Waals surface area contributed by atoms with Crippen LogP contribution in [0.2, 0.25) is 0 Å². The van der Waals surface area contributed by atoms with E-state index in [1.807, 2.05) is 6.07 Å². The maximum atomic E-state index is 5.94. The standard InChI is InChI=1S/C13H14N4/c14-12-10-7-3-5-8-4-1-2-6-9(8)11(10)16-13(15)17-12/h1-2,4,6H,3,5,7H2,(H4,14,15,16,17). The van der Waals surface area contributed by atoms with Gasteiger partial charge in [0.15, 0.2) is 0 Å². The van der Waals surface area contributed by atoms with Gasteiger partial charge in [0, 0.05) is 11.1 Å². The van der Waals surface area contributed by atoms with Crippen molar-refractivity contribution in [1.29, 1.82) is 0 Å². The normalized spacial score (nSPS) is 13.6. The van der Waals surface area contributed by atoms with Crippen LogP contribution in [0.25, 0.3) is 11.3 Å². The number of fused-ring (bicyclic) bond motifs is 3. The minimum atomic E-state index is 0.248. The summed E-state index contributed by atoms with van der Waals surface area (Å²) in [5, 5.41) is 0. The molecule has 0 amide bonds. The molecule has 0 unspecified atom stereocenters. The number of rotatable bonds is 0. The predicted molar refractivity (Wildman–Crippen MR) is 68.3 cm³/mol. The Balaban J connectivity index is 2.32. The maximum Gasteiger partial charge on any atom is 0.222 e. The van der Waals surface area contributed by atoms with E-state index in [9.17, 15) is 0 Å². The Labute approximate surface area is 99.7 Å². The van der Waals surface area contributed by atoms with Crippen molar-refractivity contribution in [2.75, 3.05) is 11.5 Å². The van der Waals surface area contributed by atoms with Crippen LogP contribution in [0.4, 0.5) is 11.8 Å². The van der Waals surface area contributed by atoms with E-state index in [2.05, 4.69) is 28.2 Å². The zero-order chi connectivity index (χ0) is 11.8. The summed E-state index contributed by atoms with van der Waals surface area (Å²) in [6, 6.07) is 8.28. The third-order valence-corrected chi connectivity index (χ3v) is 3.20. The van der Waals surface area contributed by atoms with Gasteiger partial charge >= 0.3 is 0 Å². The summed E-state index contributed by atoms with van der Waals surface area (Å²) < 4.78 is 0. The van der Waals surface area contributed by atoms with E-state index in [4.69, 9.17) is 11.5 Å². The van der Waals surface area contributed by atoms with Crippen LogP contribution in [-0.2, 0) is 12.8 Å². The second-order valence-electron chi connectivity index (χ2n) is 4.30. The SMILES string of the molecule is Nc1nc(N)c2c(n1)-c1ccccc1CCC2. The van der Waals surface area contributed by atoms with E-state index >= 15 is 0 Å². The van der Waals surface area contributed by atoms with E-state index in [0.717, 1.165) is 36.1 Å². The van der Waals surface area contributed by atoms with Gasteiger partial charge in [-0.25, -0.2) is 4.98 Å². The van der Waals surface area contributed by atoms with E-state index < -0.39 is 0 Å². The van der Waals surface area contributed by atoms with Crippen molar-refractivity contribution in [2.24, 2.45) is 0 Å². The number of nitrogen functional groups attached to an aromatic ring is 2. The minimum absolute atomic E-state index is 0.248. The average molecular weight is 226 g/mol. The number of benzene rings is 1. The van der Waals surface area contributed by atoms with Crippen molar-refractivity contribution in [3.05, 3.63) is 35.4 Å². The van der Waals surface area contributed by atoms with Crippen molar-refractivity contribution in [1.82, 2.24) is 9.97 Å². The number of nitrogens with zero attached hydrogens (tertiary/aromatic N) is 2. The van der Waals surface area contributed by atoms with Crippen molar-refractivity contribution in [3.8, 4) is 11.3 Å². The van der Waals surface area contributed by atoms with Crippen LogP contribution in [0.3, 0.4) is 0 Å². The van der Waals surface area contributed by atoms with Gasteiger partial charge in [-0.1, -0.05) is 24.3 Å². The summed E-state index contributed by atoms with van der Waals surface area (Å²) in [6.45, 7) is 0. The highest BCUT2D eigenvalue weighted by molar-refractivity contribution is 5.72. The molecule has 0 aliphatic heterocycles. The molecule has 4 N–H and O–H groups in total. The third-order valence-electron chi connectivity index (χ3n) is 3.20. The Morgan fingerprint density at radius 2 is 1.82 bits per heavy atom. The molecule has 2 aromatic rings. The summed E-state index contributed by atoms with van der Waals surface area (Å²) >= 11 is 0. The van der Waals surface area contributed by atoms with Crippen LogP contribution < -0.4 is 11.5 Å². The molecule has 0 saturated carbocycles. The van der Waals surface area contributed by atoms with Gasteiger partial charge in [0.25, 0.3) is 0 Å². The molecule has 1 aliphatic carbocycles. The number of aryl methyl sites for hydroxylation is 1. The molecule has 0 radical (unpaired) electrons. The largest absolute Gasteiger partial charge is 0.383 e. The Bertz CT molecular complexity index is 578. The number of nitrogens with two attached hydrogens (primary N) is 2. The predicted octanol–water partition coefficient (Wildman–Crippen LogP) is 1.80. The highest BCUT2D eigenvalue weighted by Crippen LogP contribution is 2.33. The van der Waals surface area contributed by atoms with Crippen molar-refractivity contribution in [2.45, 2.75) is 19.3 Å². The number of anilines is 2. The van der Waals surface area contributed by atoms with Crippen LogP contribution in [0.1, 0.15) is 17.5 Å². The van der Waals surface area contributed by atoms with Gasteiger partial charge in [0.2, 0.25) is 5.95 Å². The van der Waals surface area contributed by atoms with Crippen LogP contribution in [0.15, 0.2) is 24.3 Å². The second kappa shape index (κ2) is 3.73. The van der Waals surface area contributed by atoms with Gasteiger partial charge in [-0.3, -0.25) is 0 Å². The lowest BCUT2D eigenvalue weighted by atomic mass is 10.0. The van der Waals surface area contributed by atoms with E-state index in [1.165, 1.54) is 5.56 Å². The molecule has 0 bridgehead atoms. The van der Waals surface area contributed by atoms with Crippen LogP contribution in [0, 0.1) is 0 Å². The second-order valence-corrected chi connectivity index (χ2v) is 4.30. The van der Waals surface area contributed by atoms with Crippen molar-refractivity contribution < 1.29 is 0 Å². The van der Waals surface area contributed by atoms with Gasteiger partial charge in [-0.15, -0.1) is 0 Å². The molecule has 0 atom stereocenters. The third kappa shape index (κ3) is 1.62. The van der Waals surface area contributed by atoms with E-state index in [1.54, 1.807) is 0 Å². The Morgan fingerprint density at radius 1 is 1.00 bits per heavy atom. The first kappa shape index (κ1) is 10.1. The molecule has 1 aliphatic rings. The zero-order valence-electron chi connectivity index (χ0n) is 9.48. The smallest absolute Gasteiger partial charge is 0.222 e. The molecule has 0 fully saturated rings. The Kier molecular flexibility index (Phi) is 2.21. The minimum Gasteiger partial charge on any atom is -0.383 e. The van der Waals surface area contributed by atoms with Crippen LogP contribution in [0.5, 0.6) is 0 Å². The van der Waals surface area contributed by atoms with Gasteiger partial charge in [0.05, 0.1) is 5.69 Å². The van der Waals surface area contributed by atoms with E-state index in [0.29, 0.717) is 5.82 Å². The first-order chi connectivity index (χ1) is 8.25. The molecule has 0 saturated heterocycles. The maximum absolute atomic E-state index is 5.94. The summed E-state index contributed by atoms with van der Waals surface area (Å²) in [5.41, 5.74) is 16.0. The average Bonchev–Trinajstić information content (AvgIpc) is 2.49. The lowest BCUT2D eigenvalue weighted by molar-refractivity contribution is 0.832. The molecular formula is C13H14N4. The fourth-order valence-electron chi connectivity index (χ4n) is 2.41.